The Morgan fingerprint density at radius 2 is 1.88 bits per heavy atom. The molecule has 234 valence electrons. The lowest BCUT2D eigenvalue weighted by molar-refractivity contribution is -0.156. The summed E-state index contributed by atoms with van der Waals surface area (Å²) in [6.45, 7) is 10.3. The Morgan fingerprint density at radius 3 is 2.56 bits per heavy atom. The predicted octanol–water partition coefficient (Wildman–Crippen LogP) is 5.32. The average molecular weight is 609 g/mol. The summed E-state index contributed by atoms with van der Waals surface area (Å²) in [6.07, 6.45) is 13.2. The minimum Gasteiger partial charge on any atom is -0.465 e. The Bertz CT molecular complexity index is 1190. The van der Waals surface area contributed by atoms with Crippen molar-refractivity contribution in [2.45, 2.75) is 105 Å². The van der Waals surface area contributed by atoms with Crippen molar-refractivity contribution in [3.05, 3.63) is 61.2 Å². The molecule has 3 aliphatic heterocycles. The van der Waals surface area contributed by atoms with Gasteiger partial charge in [-0.05, 0) is 63.9 Å². The maximum Gasteiger partial charge on any atom is 0.311 e. The first-order valence-corrected chi connectivity index (χ1v) is 17.0. The summed E-state index contributed by atoms with van der Waals surface area (Å²) in [5.41, 5.74) is 0.990. The van der Waals surface area contributed by atoms with Crippen LogP contribution in [0.4, 0.5) is 0 Å². The van der Waals surface area contributed by atoms with Crippen molar-refractivity contribution in [2.75, 3.05) is 19.8 Å². The summed E-state index contributed by atoms with van der Waals surface area (Å²) < 4.78 is 4.60. The first kappa shape index (κ1) is 31.8. The number of esters is 1. The van der Waals surface area contributed by atoms with Crippen LogP contribution < -0.4 is 0 Å². The highest BCUT2D eigenvalue weighted by molar-refractivity contribution is 8.02. The number of allylic oxidation sites excluding steroid dienone is 1. The standard InChI is InChI=1S/C35H48N2O5S/c1-4-6-7-14-22-42-33(41)29-28-31(39)37(27(24-38)23-25-15-10-8-11-16-25)30(35(28)20-19-34(29,3)43-35)32(40)36(21-5-2)26-17-12-9-13-18-26/h4-5,8,10-11,15-16,26-30,38H,1-2,6-7,9,12-14,17-24H2,3H3/t27-,28+,29-,30?,34+,35?/m1/s1. The summed E-state index contributed by atoms with van der Waals surface area (Å²) in [5, 5.41) is 10.8. The number of aliphatic hydroxyl groups is 1. The van der Waals surface area contributed by atoms with Gasteiger partial charge < -0.3 is 19.6 Å². The number of rotatable bonds is 14. The predicted molar refractivity (Wildman–Crippen MR) is 170 cm³/mol. The molecule has 3 heterocycles. The van der Waals surface area contributed by atoms with Gasteiger partial charge >= 0.3 is 5.97 Å². The highest BCUT2D eigenvalue weighted by Gasteiger charge is 2.78. The van der Waals surface area contributed by atoms with Crippen LogP contribution in [-0.4, -0.2) is 80.1 Å². The number of aliphatic hydroxyl groups excluding tert-OH is 1. The minimum atomic E-state index is -0.759. The lowest BCUT2D eigenvalue weighted by Gasteiger charge is -2.42. The molecule has 0 radical (unpaired) electrons. The third-order valence-electron chi connectivity index (χ3n) is 10.3. The van der Waals surface area contributed by atoms with E-state index >= 15 is 0 Å². The van der Waals surface area contributed by atoms with Crippen molar-refractivity contribution < 1.29 is 24.2 Å². The minimum absolute atomic E-state index is 0.0654. The van der Waals surface area contributed by atoms with Gasteiger partial charge in [0.05, 0.1) is 35.8 Å². The summed E-state index contributed by atoms with van der Waals surface area (Å²) in [5.74, 6) is -1.88. The number of nitrogens with zero attached hydrogens (tertiary/aromatic N) is 2. The Labute approximate surface area is 261 Å². The summed E-state index contributed by atoms with van der Waals surface area (Å²) >= 11 is 1.66. The number of amides is 2. The second kappa shape index (κ2) is 13.6. The van der Waals surface area contributed by atoms with E-state index in [4.69, 9.17) is 4.74 Å². The average Bonchev–Trinajstić information content (AvgIpc) is 3.59. The van der Waals surface area contributed by atoms with E-state index in [-0.39, 0.29) is 30.4 Å². The van der Waals surface area contributed by atoms with Gasteiger partial charge in [0, 0.05) is 17.3 Å². The van der Waals surface area contributed by atoms with E-state index in [1.165, 1.54) is 6.42 Å². The molecule has 1 saturated carbocycles. The third-order valence-corrected chi connectivity index (χ3v) is 12.3. The van der Waals surface area contributed by atoms with E-state index in [1.807, 2.05) is 41.3 Å². The fourth-order valence-electron chi connectivity index (χ4n) is 8.29. The Morgan fingerprint density at radius 1 is 1.14 bits per heavy atom. The molecular formula is C35H48N2O5S. The molecule has 1 aliphatic carbocycles. The SMILES string of the molecule is C=CCCCCOC(=O)[C@H]1[C@H]2C(=O)N([C@@H](CO)Cc3ccccc3)C(C(=O)N(CC=C)C3CCCCC3)C23CC[C@]1(C)S3. The molecule has 6 atom stereocenters. The van der Waals surface area contributed by atoms with Crippen molar-refractivity contribution in [3.8, 4) is 0 Å². The van der Waals surface area contributed by atoms with E-state index in [1.54, 1.807) is 22.7 Å². The second-order valence-corrected chi connectivity index (χ2v) is 14.9. The maximum atomic E-state index is 14.9. The molecule has 7 nitrogen and oxygen atoms in total. The van der Waals surface area contributed by atoms with Crippen LogP contribution in [0.1, 0.15) is 76.7 Å². The highest BCUT2D eigenvalue weighted by Crippen LogP contribution is 2.72. The summed E-state index contributed by atoms with van der Waals surface area (Å²) in [4.78, 5) is 47.0. The molecule has 5 rings (SSSR count). The van der Waals surface area contributed by atoms with Crippen LogP contribution in [0.25, 0.3) is 0 Å². The number of thioether (sulfide) groups is 1. The molecule has 2 unspecified atom stereocenters. The van der Waals surface area contributed by atoms with E-state index in [2.05, 4.69) is 20.1 Å². The van der Waals surface area contributed by atoms with Crippen LogP contribution in [0, 0.1) is 11.8 Å². The number of unbranched alkanes of at least 4 members (excludes halogenated alkanes) is 2. The van der Waals surface area contributed by atoms with Gasteiger partial charge in [0.15, 0.2) is 0 Å². The number of carbonyl (C=O) groups is 3. The maximum absolute atomic E-state index is 14.9. The molecule has 43 heavy (non-hydrogen) atoms. The molecular weight excluding hydrogens is 560 g/mol. The number of likely N-dealkylation sites (tertiary alicyclic amines) is 1. The van der Waals surface area contributed by atoms with Gasteiger partial charge in [-0.1, -0.05) is 61.7 Å². The Balaban J connectivity index is 1.52. The van der Waals surface area contributed by atoms with E-state index in [0.29, 0.717) is 26.0 Å². The zero-order chi connectivity index (χ0) is 30.6. The van der Waals surface area contributed by atoms with Gasteiger partial charge in [0.2, 0.25) is 11.8 Å². The van der Waals surface area contributed by atoms with Crippen molar-refractivity contribution in [3.63, 3.8) is 0 Å². The number of carbonyl (C=O) groups excluding carboxylic acids is 3. The number of hydrogen-bond acceptors (Lipinski definition) is 6. The third kappa shape index (κ3) is 5.94. The Kier molecular flexibility index (Phi) is 10.1. The van der Waals surface area contributed by atoms with Crippen LogP contribution in [0.2, 0.25) is 0 Å². The fourth-order valence-corrected chi connectivity index (χ4v) is 10.6. The quantitative estimate of drug-likeness (QED) is 0.175. The van der Waals surface area contributed by atoms with Gasteiger partial charge in [-0.15, -0.1) is 24.9 Å². The molecule has 2 bridgehead atoms. The van der Waals surface area contributed by atoms with Crippen LogP contribution in [-0.2, 0) is 25.5 Å². The number of fused-ring (bicyclic) bond motifs is 1. The first-order valence-electron chi connectivity index (χ1n) is 16.2. The molecule has 1 aromatic carbocycles. The van der Waals surface area contributed by atoms with Crippen molar-refractivity contribution in [1.82, 2.24) is 9.80 Å². The first-order chi connectivity index (χ1) is 20.8. The van der Waals surface area contributed by atoms with Crippen LogP contribution in [0.15, 0.2) is 55.6 Å². The number of benzene rings is 1. The summed E-state index contributed by atoms with van der Waals surface area (Å²) in [6, 6.07) is 8.56. The summed E-state index contributed by atoms with van der Waals surface area (Å²) in [7, 11) is 0. The molecule has 1 spiro atoms. The number of ether oxygens (including phenoxy) is 1. The monoisotopic (exact) mass is 608 g/mol. The van der Waals surface area contributed by atoms with Crippen LogP contribution in [0.5, 0.6) is 0 Å². The van der Waals surface area contributed by atoms with E-state index < -0.39 is 33.4 Å². The van der Waals surface area contributed by atoms with Crippen molar-refractivity contribution >= 4 is 29.5 Å². The highest BCUT2D eigenvalue weighted by atomic mass is 32.2. The normalized spacial score (nSPS) is 30.6. The van der Waals surface area contributed by atoms with Gasteiger partial charge in [0.1, 0.15) is 6.04 Å². The van der Waals surface area contributed by atoms with Gasteiger partial charge in [0.25, 0.3) is 0 Å². The molecule has 1 aromatic rings. The van der Waals surface area contributed by atoms with Crippen molar-refractivity contribution in [2.24, 2.45) is 11.8 Å². The van der Waals surface area contributed by atoms with E-state index in [0.717, 1.165) is 56.9 Å². The van der Waals surface area contributed by atoms with Crippen LogP contribution >= 0.6 is 11.8 Å². The molecule has 2 amide bonds. The smallest absolute Gasteiger partial charge is 0.311 e. The van der Waals surface area contributed by atoms with Gasteiger partial charge in [-0.25, -0.2) is 0 Å². The van der Waals surface area contributed by atoms with E-state index in [9.17, 15) is 19.5 Å². The second-order valence-electron chi connectivity index (χ2n) is 13.0. The molecule has 3 saturated heterocycles. The largest absolute Gasteiger partial charge is 0.465 e. The lowest BCUT2D eigenvalue weighted by Crippen LogP contribution is -2.59. The number of hydrogen-bond donors (Lipinski definition) is 1. The molecule has 4 fully saturated rings. The topological polar surface area (TPSA) is 87.1 Å². The van der Waals surface area contributed by atoms with Crippen LogP contribution in [0.3, 0.4) is 0 Å². The van der Waals surface area contributed by atoms with Gasteiger partial charge in [-0.3, -0.25) is 14.4 Å². The Hall–Kier alpha value is -2.58. The van der Waals surface area contributed by atoms with Crippen molar-refractivity contribution in [1.29, 1.82) is 0 Å². The molecule has 1 N–H and O–H groups in total. The zero-order valence-electron chi connectivity index (χ0n) is 25.6. The lowest BCUT2D eigenvalue weighted by atomic mass is 9.66. The molecule has 4 aliphatic rings. The fraction of sp³-hybridized carbons (Fsp3) is 0.629. The molecule has 0 aromatic heterocycles. The van der Waals surface area contributed by atoms with Gasteiger partial charge in [-0.2, -0.15) is 0 Å². The zero-order valence-corrected chi connectivity index (χ0v) is 26.4. The molecule has 8 heteroatoms.